The molecule has 0 radical (unpaired) electrons. The van der Waals surface area contributed by atoms with Gasteiger partial charge in [-0.15, -0.1) is 0 Å². The van der Waals surface area contributed by atoms with Crippen molar-refractivity contribution in [2.24, 2.45) is 0 Å². The third-order valence-corrected chi connectivity index (χ3v) is 6.12. The number of hydrogen-bond donors (Lipinski definition) is 1. The van der Waals surface area contributed by atoms with Crippen molar-refractivity contribution in [2.45, 2.75) is 45.5 Å². The average Bonchev–Trinajstić information content (AvgIpc) is 2.26. The Morgan fingerprint density at radius 2 is 2.06 bits per heavy atom. The first kappa shape index (κ1) is 14.7. The van der Waals surface area contributed by atoms with Gasteiger partial charge in [-0.2, -0.15) is 0 Å². The van der Waals surface area contributed by atoms with Crippen molar-refractivity contribution >= 4 is 29.9 Å². The summed E-state index contributed by atoms with van der Waals surface area (Å²) < 4.78 is 7.15. The summed E-state index contributed by atoms with van der Waals surface area (Å²) in [6.07, 6.45) is 2.49. The Hall–Kier alpha value is -0.323. The molecule has 0 amide bonds. The van der Waals surface area contributed by atoms with Gasteiger partial charge in [-0.1, -0.05) is 41.8 Å². The molecule has 1 aromatic carbocycles. The van der Waals surface area contributed by atoms with Gasteiger partial charge in [0.15, 0.2) is 8.32 Å². The molecular formula is C13H22BrNOSi. The first-order valence-electron chi connectivity index (χ1n) is 6.13. The van der Waals surface area contributed by atoms with E-state index in [9.17, 15) is 0 Å². The second kappa shape index (κ2) is 6.57. The fourth-order valence-electron chi connectivity index (χ4n) is 1.67. The SMILES string of the molecule is CCCC[Si](C)(C)OCc1c(N)cccc1Br. The summed E-state index contributed by atoms with van der Waals surface area (Å²) in [5.41, 5.74) is 7.84. The molecule has 4 heteroatoms. The highest BCUT2D eigenvalue weighted by molar-refractivity contribution is 9.10. The Bertz CT molecular complexity index is 348. The number of benzene rings is 1. The molecule has 0 heterocycles. The van der Waals surface area contributed by atoms with Gasteiger partial charge in [0.1, 0.15) is 0 Å². The fourth-order valence-corrected chi connectivity index (χ4v) is 4.05. The molecule has 0 aliphatic carbocycles. The lowest BCUT2D eigenvalue weighted by Gasteiger charge is -2.23. The minimum absolute atomic E-state index is 0.621. The summed E-state index contributed by atoms with van der Waals surface area (Å²) in [7, 11) is -1.53. The van der Waals surface area contributed by atoms with E-state index in [4.69, 9.17) is 10.2 Å². The van der Waals surface area contributed by atoms with Crippen LogP contribution in [0.2, 0.25) is 19.1 Å². The van der Waals surface area contributed by atoms with E-state index < -0.39 is 8.32 Å². The van der Waals surface area contributed by atoms with E-state index in [1.807, 2.05) is 18.2 Å². The highest BCUT2D eigenvalue weighted by atomic mass is 79.9. The van der Waals surface area contributed by atoms with Crippen LogP contribution in [0, 0.1) is 0 Å². The Balaban J connectivity index is 2.60. The van der Waals surface area contributed by atoms with Crippen LogP contribution in [0.3, 0.4) is 0 Å². The predicted octanol–water partition coefficient (Wildman–Crippen LogP) is 4.55. The van der Waals surface area contributed by atoms with Gasteiger partial charge in [0.05, 0.1) is 6.61 Å². The monoisotopic (exact) mass is 315 g/mol. The average molecular weight is 316 g/mol. The summed E-state index contributed by atoms with van der Waals surface area (Å²) >= 11 is 3.52. The Kier molecular flexibility index (Phi) is 5.69. The molecular weight excluding hydrogens is 294 g/mol. The summed E-state index contributed by atoms with van der Waals surface area (Å²) in [5.74, 6) is 0. The minimum atomic E-state index is -1.53. The third-order valence-electron chi connectivity index (χ3n) is 2.89. The molecule has 0 unspecified atom stereocenters. The van der Waals surface area contributed by atoms with Crippen LogP contribution in [0.5, 0.6) is 0 Å². The normalized spacial score (nSPS) is 11.8. The molecule has 0 aliphatic rings. The molecule has 0 bridgehead atoms. The molecule has 2 N–H and O–H groups in total. The maximum Gasteiger partial charge on any atom is 0.187 e. The van der Waals surface area contributed by atoms with Crippen LogP contribution in [-0.2, 0) is 11.0 Å². The van der Waals surface area contributed by atoms with Crippen LogP contribution in [0.25, 0.3) is 0 Å². The second-order valence-corrected chi connectivity index (χ2v) is 10.1. The summed E-state index contributed by atoms with van der Waals surface area (Å²) in [6.45, 7) is 7.39. The molecule has 0 saturated heterocycles. The zero-order chi connectivity index (χ0) is 12.9. The molecule has 96 valence electrons. The van der Waals surface area contributed by atoms with E-state index in [1.54, 1.807) is 0 Å². The lowest BCUT2D eigenvalue weighted by molar-refractivity contribution is 0.293. The molecule has 0 saturated carbocycles. The van der Waals surface area contributed by atoms with Crippen LogP contribution in [-0.4, -0.2) is 8.32 Å². The molecule has 0 spiro atoms. The first-order chi connectivity index (χ1) is 7.96. The minimum Gasteiger partial charge on any atom is -0.413 e. The van der Waals surface area contributed by atoms with E-state index >= 15 is 0 Å². The van der Waals surface area contributed by atoms with Crippen LogP contribution in [0.1, 0.15) is 25.3 Å². The highest BCUT2D eigenvalue weighted by Gasteiger charge is 2.22. The number of nitrogens with two attached hydrogens (primary N) is 1. The topological polar surface area (TPSA) is 35.2 Å². The van der Waals surface area contributed by atoms with Crippen molar-refractivity contribution in [1.29, 1.82) is 0 Å². The second-order valence-electron chi connectivity index (χ2n) is 4.96. The zero-order valence-electron chi connectivity index (χ0n) is 10.9. The van der Waals surface area contributed by atoms with Gasteiger partial charge in [-0.05, 0) is 31.3 Å². The van der Waals surface area contributed by atoms with Crippen molar-refractivity contribution in [1.82, 2.24) is 0 Å². The van der Waals surface area contributed by atoms with Crippen LogP contribution in [0.15, 0.2) is 22.7 Å². The quantitative estimate of drug-likeness (QED) is 0.617. The van der Waals surface area contributed by atoms with Crippen molar-refractivity contribution in [3.05, 3.63) is 28.2 Å². The molecule has 1 rings (SSSR count). The summed E-state index contributed by atoms with van der Waals surface area (Å²) in [5, 5.41) is 0. The van der Waals surface area contributed by atoms with Crippen molar-refractivity contribution < 1.29 is 4.43 Å². The van der Waals surface area contributed by atoms with E-state index in [1.165, 1.54) is 18.9 Å². The predicted molar refractivity (Wildman–Crippen MR) is 80.5 cm³/mol. The molecule has 0 aliphatic heterocycles. The van der Waals surface area contributed by atoms with Crippen molar-refractivity contribution in [2.75, 3.05) is 5.73 Å². The van der Waals surface area contributed by atoms with Gasteiger partial charge in [0.25, 0.3) is 0 Å². The number of halogens is 1. The van der Waals surface area contributed by atoms with Gasteiger partial charge < -0.3 is 10.2 Å². The molecule has 0 atom stereocenters. The van der Waals surface area contributed by atoms with Gasteiger partial charge in [0, 0.05) is 15.7 Å². The Labute approximate surface area is 114 Å². The van der Waals surface area contributed by atoms with Crippen LogP contribution in [0.4, 0.5) is 5.69 Å². The Morgan fingerprint density at radius 3 is 2.65 bits per heavy atom. The molecule has 0 aromatic heterocycles. The van der Waals surface area contributed by atoms with Gasteiger partial charge in [0.2, 0.25) is 0 Å². The van der Waals surface area contributed by atoms with Crippen molar-refractivity contribution in [3.8, 4) is 0 Å². The maximum absolute atomic E-state index is 6.11. The lowest BCUT2D eigenvalue weighted by Crippen LogP contribution is -2.29. The van der Waals surface area contributed by atoms with Gasteiger partial charge in [-0.25, -0.2) is 0 Å². The molecule has 2 nitrogen and oxygen atoms in total. The van der Waals surface area contributed by atoms with Gasteiger partial charge >= 0.3 is 0 Å². The van der Waals surface area contributed by atoms with E-state index in [0.717, 1.165) is 15.7 Å². The molecule has 17 heavy (non-hydrogen) atoms. The highest BCUT2D eigenvalue weighted by Crippen LogP contribution is 2.25. The van der Waals surface area contributed by atoms with E-state index in [-0.39, 0.29) is 0 Å². The largest absolute Gasteiger partial charge is 0.413 e. The van der Waals surface area contributed by atoms with Gasteiger partial charge in [-0.3, -0.25) is 0 Å². The lowest BCUT2D eigenvalue weighted by atomic mass is 10.2. The van der Waals surface area contributed by atoms with E-state index in [0.29, 0.717) is 6.61 Å². The summed E-state index contributed by atoms with van der Waals surface area (Å²) in [6, 6.07) is 7.09. The van der Waals surface area contributed by atoms with Crippen LogP contribution >= 0.6 is 15.9 Å². The first-order valence-corrected chi connectivity index (χ1v) is 10.0. The standard InChI is InChI=1S/C13H22BrNOSi/c1-4-5-9-17(2,3)16-10-11-12(14)7-6-8-13(11)15/h6-8H,4-5,9-10,15H2,1-3H3. The molecule has 1 aromatic rings. The van der Waals surface area contributed by atoms with Crippen molar-refractivity contribution in [3.63, 3.8) is 0 Å². The number of rotatable bonds is 6. The number of anilines is 1. The van der Waals surface area contributed by atoms with E-state index in [2.05, 4.69) is 35.9 Å². The summed E-state index contributed by atoms with van der Waals surface area (Å²) in [4.78, 5) is 0. The van der Waals surface area contributed by atoms with Crippen LogP contribution < -0.4 is 5.73 Å². The maximum atomic E-state index is 6.11. The zero-order valence-corrected chi connectivity index (χ0v) is 13.5. The molecule has 0 fully saturated rings. The fraction of sp³-hybridized carbons (Fsp3) is 0.538. The number of hydrogen-bond acceptors (Lipinski definition) is 2. The Morgan fingerprint density at radius 1 is 1.35 bits per heavy atom. The number of nitrogen functional groups attached to an aromatic ring is 1. The third kappa shape index (κ3) is 4.82. The smallest absolute Gasteiger partial charge is 0.187 e. The number of unbranched alkanes of at least 4 members (excludes halogenated alkanes) is 1.